The van der Waals surface area contributed by atoms with E-state index in [-0.39, 0.29) is 30.8 Å². The van der Waals surface area contributed by atoms with Crippen LogP contribution in [0.25, 0.3) is 0 Å². The van der Waals surface area contributed by atoms with Crippen molar-refractivity contribution in [3.63, 3.8) is 0 Å². The predicted octanol–water partition coefficient (Wildman–Crippen LogP) is 2.72. The van der Waals surface area contributed by atoms with Gasteiger partial charge in [-0.15, -0.1) is 12.4 Å². The maximum Gasteiger partial charge on any atom is 0.134 e. The summed E-state index contributed by atoms with van der Waals surface area (Å²) in [5.74, 6) is 0.133. The van der Waals surface area contributed by atoms with E-state index in [0.717, 1.165) is 4.47 Å². The summed E-state index contributed by atoms with van der Waals surface area (Å²) >= 11 is 6.53. The van der Waals surface area contributed by atoms with Gasteiger partial charge in [0.15, 0.2) is 0 Å². The number of hydrogen-bond acceptors (Lipinski definition) is 3. The van der Waals surface area contributed by atoms with Crippen LogP contribution in [0, 0.1) is 0 Å². The molecule has 86 valence electrons. The van der Waals surface area contributed by atoms with E-state index < -0.39 is 0 Å². The monoisotopic (exact) mass is 359 g/mol. The molecule has 1 aromatic carbocycles. The highest BCUT2D eigenvalue weighted by molar-refractivity contribution is 9.11. The summed E-state index contributed by atoms with van der Waals surface area (Å²) in [4.78, 5) is 0. The number of aromatic hydroxyl groups is 1. The van der Waals surface area contributed by atoms with Gasteiger partial charge < -0.3 is 15.9 Å². The lowest BCUT2D eigenvalue weighted by atomic mass is 10.0. The molecule has 0 spiro atoms. The Morgan fingerprint density at radius 2 is 1.93 bits per heavy atom. The number of hydrogen-bond donors (Lipinski definition) is 3. The molecule has 6 heteroatoms. The minimum Gasteiger partial charge on any atom is -0.506 e. The standard InChI is InChI=1S/C9H11Br2NO2.ClH/c10-5-3-6(8(12)1-2-13)9(14)7(11)4-5;/h3-4,8,13-14H,1-2,12H2;1H. The number of rotatable bonds is 3. The first-order chi connectivity index (χ1) is 6.56. The highest BCUT2D eigenvalue weighted by atomic mass is 79.9. The number of phenolic OH excluding ortho intramolecular Hbond substituents is 1. The fraction of sp³-hybridized carbons (Fsp3) is 0.333. The smallest absolute Gasteiger partial charge is 0.134 e. The second-order valence-electron chi connectivity index (χ2n) is 2.94. The summed E-state index contributed by atoms with van der Waals surface area (Å²) in [6, 6.07) is 3.14. The Balaban J connectivity index is 0.00000196. The Bertz CT molecular complexity index is 336. The maximum atomic E-state index is 9.69. The molecule has 4 N–H and O–H groups in total. The molecule has 0 aliphatic carbocycles. The molecule has 0 aliphatic heterocycles. The molecule has 1 unspecified atom stereocenters. The van der Waals surface area contributed by atoms with Gasteiger partial charge in [0.1, 0.15) is 5.75 Å². The van der Waals surface area contributed by atoms with E-state index in [1.54, 1.807) is 12.1 Å². The highest BCUT2D eigenvalue weighted by Crippen LogP contribution is 2.35. The van der Waals surface area contributed by atoms with Crippen molar-refractivity contribution in [3.8, 4) is 5.75 Å². The zero-order chi connectivity index (χ0) is 10.7. The lowest BCUT2D eigenvalue weighted by Gasteiger charge is -2.13. The first-order valence-corrected chi connectivity index (χ1v) is 5.69. The van der Waals surface area contributed by atoms with Gasteiger partial charge in [0, 0.05) is 22.7 Å². The quantitative estimate of drug-likeness (QED) is 0.776. The van der Waals surface area contributed by atoms with Crippen LogP contribution in [0.4, 0.5) is 0 Å². The number of halogens is 3. The van der Waals surface area contributed by atoms with E-state index in [4.69, 9.17) is 10.8 Å². The van der Waals surface area contributed by atoms with E-state index in [1.165, 1.54) is 0 Å². The normalized spacial score (nSPS) is 12.0. The SMILES string of the molecule is Cl.NC(CCO)c1cc(Br)cc(Br)c1O. The molecule has 1 rings (SSSR count). The van der Waals surface area contributed by atoms with Crippen molar-refractivity contribution >= 4 is 44.3 Å². The molecule has 0 heterocycles. The second kappa shape index (κ2) is 6.70. The van der Waals surface area contributed by atoms with Crippen molar-refractivity contribution in [2.75, 3.05) is 6.61 Å². The van der Waals surface area contributed by atoms with Crippen LogP contribution < -0.4 is 5.73 Å². The third kappa shape index (κ3) is 3.92. The van der Waals surface area contributed by atoms with Gasteiger partial charge in [-0.3, -0.25) is 0 Å². The summed E-state index contributed by atoms with van der Waals surface area (Å²) in [5, 5.41) is 18.4. The Morgan fingerprint density at radius 1 is 1.33 bits per heavy atom. The van der Waals surface area contributed by atoms with Crippen molar-refractivity contribution in [2.45, 2.75) is 12.5 Å². The van der Waals surface area contributed by atoms with Crippen LogP contribution in [0.2, 0.25) is 0 Å². The molecule has 0 bridgehead atoms. The molecule has 3 nitrogen and oxygen atoms in total. The molecule has 0 amide bonds. The molecule has 0 aromatic heterocycles. The Kier molecular flexibility index (Phi) is 6.79. The number of aliphatic hydroxyl groups is 1. The molecular weight excluding hydrogens is 349 g/mol. The molecule has 1 atom stereocenters. The first kappa shape index (κ1) is 15.2. The maximum absolute atomic E-state index is 9.69. The fourth-order valence-corrected chi connectivity index (χ4v) is 2.42. The van der Waals surface area contributed by atoms with Gasteiger partial charge >= 0.3 is 0 Å². The second-order valence-corrected chi connectivity index (χ2v) is 4.71. The molecule has 0 saturated carbocycles. The summed E-state index contributed by atoms with van der Waals surface area (Å²) < 4.78 is 1.43. The predicted molar refractivity (Wildman–Crippen MR) is 69.4 cm³/mol. The number of nitrogens with two attached hydrogens (primary N) is 1. The van der Waals surface area contributed by atoms with Gasteiger partial charge in [0.2, 0.25) is 0 Å². The first-order valence-electron chi connectivity index (χ1n) is 4.10. The lowest BCUT2D eigenvalue weighted by Crippen LogP contribution is -2.12. The van der Waals surface area contributed by atoms with E-state index in [2.05, 4.69) is 31.9 Å². The van der Waals surface area contributed by atoms with Gasteiger partial charge in [-0.25, -0.2) is 0 Å². The van der Waals surface area contributed by atoms with Crippen LogP contribution in [-0.4, -0.2) is 16.8 Å². The minimum absolute atomic E-state index is 0. The summed E-state index contributed by atoms with van der Waals surface area (Å²) in [7, 11) is 0. The van der Waals surface area contributed by atoms with Crippen LogP contribution >= 0.6 is 44.3 Å². The largest absolute Gasteiger partial charge is 0.506 e. The zero-order valence-corrected chi connectivity index (χ0v) is 11.8. The molecular formula is C9H12Br2ClNO2. The third-order valence-electron chi connectivity index (χ3n) is 1.90. The van der Waals surface area contributed by atoms with E-state index in [0.29, 0.717) is 16.5 Å². The van der Waals surface area contributed by atoms with Crippen molar-refractivity contribution in [1.82, 2.24) is 0 Å². The number of benzene rings is 1. The average Bonchev–Trinajstić information content (AvgIpc) is 2.11. The van der Waals surface area contributed by atoms with Crippen LogP contribution in [0.15, 0.2) is 21.1 Å². The molecule has 0 radical (unpaired) electrons. The topological polar surface area (TPSA) is 66.5 Å². The Morgan fingerprint density at radius 3 is 2.47 bits per heavy atom. The molecule has 0 aliphatic rings. The van der Waals surface area contributed by atoms with Crippen molar-refractivity contribution < 1.29 is 10.2 Å². The van der Waals surface area contributed by atoms with Crippen molar-refractivity contribution in [3.05, 3.63) is 26.6 Å². The Labute approximate surface area is 111 Å². The lowest BCUT2D eigenvalue weighted by molar-refractivity contribution is 0.275. The zero-order valence-electron chi connectivity index (χ0n) is 7.78. The van der Waals surface area contributed by atoms with E-state index in [1.807, 2.05) is 0 Å². The minimum atomic E-state index is -0.353. The van der Waals surface area contributed by atoms with Gasteiger partial charge in [0.05, 0.1) is 4.47 Å². The van der Waals surface area contributed by atoms with E-state index >= 15 is 0 Å². The molecule has 1 aromatic rings. The molecule has 15 heavy (non-hydrogen) atoms. The number of phenols is 1. The summed E-state index contributed by atoms with van der Waals surface area (Å²) in [6.07, 6.45) is 0.427. The molecule has 0 fully saturated rings. The van der Waals surface area contributed by atoms with Crippen LogP contribution in [0.3, 0.4) is 0 Å². The van der Waals surface area contributed by atoms with Crippen molar-refractivity contribution in [2.24, 2.45) is 5.73 Å². The van der Waals surface area contributed by atoms with Crippen molar-refractivity contribution in [1.29, 1.82) is 0 Å². The van der Waals surface area contributed by atoms with Crippen LogP contribution in [0.5, 0.6) is 5.75 Å². The van der Waals surface area contributed by atoms with Crippen LogP contribution in [-0.2, 0) is 0 Å². The van der Waals surface area contributed by atoms with Gasteiger partial charge in [0.25, 0.3) is 0 Å². The highest BCUT2D eigenvalue weighted by Gasteiger charge is 2.13. The summed E-state index contributed by atoms with van der Waals surface area (Å²) in [6.45, 7) is 0.00470. The van der Waals surface area contributed by atoms with Gasteiger partial charge in [-0.05, 0) is 34.5 Å². The third-order valence-corrected chi connectivity index (χ3v) is 2.96. The number of aliphatic hydroxyl groups excluding tert-OH is 1. The average molecular weight is 361 g/mol. The summed E-state index contributed by atoms with van der Waals surface area (Å²) in [5.41, 5.74) is 6.41. The van der Waals surface area contributed by atoms with E-state index in [9.17, 15) is 5.11 Å². The Hall–Kier alpha value is 0.190. The van der Waals surface area contributed by atoms with Gasteiger partial charge in [-0.1, -0.05) is 15.9 Å². The molecule has 0 saturated heterocycles. The fourth-order valence-electron chi connectivity index (χ4n) is 1.16. The van der Waals surface area contributed by atoms with Crippen LogP contribution in [0.1, 0.15) is 18.0 Å². The van der Waals surface area contributed by atoms with Gasteiger partial charge in [-0.2, -0.15) is 0 Å².